The number of rotatable bonds is 3. The van der Waals surface area contributed by atoms with Gasteiger partial charge in [-0.3, -0.25) is 10.1 Å². The average Bonchev–Trinajstić information content (AvgIpc) is 2.83. The van der Waals surface area contributed by atoms with Gasteiger partial charge in [-0.1, -0.05) is 29.8 Å². The third-order valence-electron chi connectivity index (χ3n) is 4.15. The smallest absolute Gasteiger partial charge is 0.238 e. The minimum absolute atomic E-state index is 0.00590. The molecule has 0 spiro atoms. The minimum atomic E-state index is -0.00590. The molecular weight excluding hydrogens is 252 g/mol. The van der Waals surface area contributed by atoms with Gasteiger partial charge in [0.15, 0.2) is 0 Å². The van der Waals surface area contributed by atoms with E-state index in [1.54, 1.807) is 0 Å². The van der Waals surface area contributed by atoms with Gasteiger partial charge in [-0.15, -0.1) is 0 Å². The lowest BCUT2D eigenvalue weighted by atomic mass is 10.1. The molecular formula is C16H22N2O2. The predicted molar refractivity (Wildman–Crippen MR) is 77.2 cm³/mol. The Kier molecular flexibility index (Phi) is 4.03. The standard InChI is InChI=1S/C16H22N2O2/c1-12-5-7-13(8-6-12)16-17-10-15(19)18(16)11-14-4-2-3-9-20-14/h5-8,14,16-17H,2-4,9-11H2,1H3. The molecule has 4 nitrogen and oxygen atoms in total. The maximum Gasteiger partial charge on any atom is 0.238 e. The van der Waals surface area contributed by atoms with Crippen LogP contribution in [-0.4, -0.2) is 36.6 Å². The van der Waals surface area contributed by atoms with Gasteiger partial charge in [0.05, 0.1) is 12.6 Å². The quantitative estimate of drug-likeness (QED) is 0.916. The van der Waals surface area contributed by atoms with E-state index in [4.69, 9.17) is 4.74 Å². The van der Waals surface area contributed by atoms with E-state index in [2.05, 4.69) is 36.5 Å². The third-order valence-corrected chi connectivity index (χ3v) is 4.15. The van der Waals surface area contributed by atoms with Crippen molar-refractivity contribution in [3.8, 4) is 0 Å². The maximum absolute atomic E-state index is 12.1. The first-order valence-electron chi connectivity index (χ1n) is 7.45. The molecule has 1 aromatic rings. The summed E-state index contributed by atoms with van der Waals surface area (Å²) in [5.74, 6) is 0.171. The summed E-state index contributed by atoms with van der Waals surface area (Å²) in [7, 11) is 0. The van der Waals surface area contributed by atoms with E-state index in [0.29, 0.717) is 13.1 Å². The van der Waals surface area contributed by atoms with E-state index >= 15 is 0 Å². The fraction of sp³-hybridized carbons (Fsp3) is 0.562. The van der Waals surface area contributed by atoms with Crippen LogP contribution in [-0.2, 0) is 9.53 Å². The molecule has 2 fully saturated rings. The molecule has 2 aliphatic rings. The van der Waals surface area contributed by atoms with Gasteiger partial charge in [-0.05, 0) is 31.7 Å². The molecule has 0 aliphatic carbocycles. The van der Waals surface area contributed by atoms with Crippen molar-refractivity contribution in [3.63, 3.8) is 0 Å². The zero-order valence-corrected chi connectivity index (χ0v) is 12.0. The minimum Gasteiger partial charge on any atom is -0.376 e. The number of nitrogens with zero attached hydrogens (tertiary/aromatic N) is 1. The molecule has 0 bridgehead atoms. The van der Waals surface area contributed by atoms with Crippen molar-refractivity contribution >= 4 is 5.91 Å². The predicted octanol–water partition coefficient (Wildman–Crippen LogP) is 1.99. The number of hydrogen-bond acceptors (Lipinski definition) is 3. The molecule has 20 heavy (non-hydrogen) atoms. The van der Waals surface area contributed by atoms with Gasteiger partial charge in [0.2, 0.25) is 5.91 Å². The Morgan fingerprint density at radius 3 is 2.80 bits per heavy atom. The summed E-state index contributed by atoms with van der Waals surface area (Å²) in [6.07, 6.45) is 3.60. The van der Waals surface area contributed by atoms with Crippen LogP contribution < -0.4 is 5.32 Å². The van der Waals surface area contributed by atoms with Gasteiger partial charge in [-0.25, -0.2) is 0 Å². The van der Waals surface area contributed by atoms with E-state index in [1.165, 1.54) is 12.0 Å². The van der Waals surface area contributed by atoms with Gasteiger partial charge in [0, 0.05) is 13.2 Å². The van der Waals surface area contributed by atoms with Crippen molar-refractivity contribution in [1.82, 2.24) is 10.2 Å². The lowest BCUT2D eigenvalue weighted by molar-refractivity contribution is -0.130. The summed E-state index contributed by atoms with van der Waals surface area (Å²) in [6, 6.07) is 8.38. The number of ether oxygens (including phenoxy) is 1. The molecule has 2 aliphatic heterocycles. The summed E-state index contributed by atoms with van der Waals surface area (Å²) >= 11 is 0. The molecule has 2 heterocycles. The van der Waals surface area contributed by atoms with Gasteiger partial charge in [-0.2, -0.15) is 0 Å². The Balaban J connectivity index is 1.72. The third kappa shape index (κ3) is 2.86. The van der Waals surface area contributed by atoms with Crippen molar-refractivity contribution in [2.45, 2.75) is 38.5 Å². The van der Waals surface area contributed by atoms with Crippen LogP contribution in [0.2, 0.25) is 0 Å². The molecule has 4 heteroatoms. The van der Waals surface area contributed by atoms with Gasteiger partial charge in [0.25, 0.3) is 0 Å². The summed E-state index contributed by atoms with van der Waals surface area (Å²) in [5.41, 5.74) is 2.39. The monoisotopic (exact) mass is 274 g/mol. The largest absolute Gasteiger partial charge is 0.376 e. The Bertz CT molecular complexity index is 466. The van der Waals surface area contributed by atoms with Gasteiger partial charge < -0.3 is 9.64 Å². The Morgan fingerprint density at radius 1 is 1.30 bits per heavy atom. The summed E-state index contributed by atoms with van der Waals surface area (Å²) in [5, 5.41) is 3.30. The molecule has 1 aromatic carbocycles. The van der Waals surface area contributed by atoms with Crippen LogP contribution >= 0.6 is 0 Å². The van der Waals surface area contributed by atoms with E-state index < -0.39 is 0 Å². The molecule has 2 saturated heterocycles. The van der Waals surface area contributed by atoms with E-state index in [1.807, 2.05) is 4.90 Å². The maximum atomic E-state index is 12.1. The fourth-order valence-corrected chi connectivity index (χ4v) is 2.96. The van der Waals surface area contributed by atoms with Gasteiger partial charge in [0.1, 0.15) is 6.17 Å². The fourth-order valence-electron chi connectivity index (χ4n) is 2.96. The molecule has 3 rings (SSSR count). The van der Waals surface area contributed by atoms with Crippen molar-refractivity contribution in [2.24, 2.45) is 0 Å². The lowest BCUT2D eigenvalue weighted by Gasteiger charge is -2.31. The first-order valence-corrected chi connectivity index (χ1v) is 7.45. The van der Waals surface area contributed by atoms with Crippen LogP contribution in [0.25, 0.3) is 0 Å². The number of nitrogens with one attached hydrogen (secondary N) is 1. The highest BCUT2D eigenvalue weighted by atomic mass is 16.5. The molecule has 0 saturated carbocycles. The zero-order valence-electron chi connectivity index (χ0n) is 12.0. The number of carbonyl (C=O) groups is 1. The second-order valence-electron chi connectivity index (χ2n) is 5.73. The molecule has 108 valence electrons. The first kappa shape index (κ1) is 13.6. The van der Waals surface area contributed by atoms with E-state index in [0.717, 1.165) is 25.0 Å². The normalized spacial score (nSPS) is 27.1. The highest BCUT2D eigenvalue weighted by Gasteiger charge is 2.33. The van der Waals surface area contributed by atoms with Crippen LogP contribution in [0.4, 0.5) is 0 Å². The van der Waals surface area contributed by atoms with Crippen LogP contribution in [0.15, 0.2) is 24.3 Å². The number of hydrogen-bond donors (Lipinski definition) is 1. The second-order valence-corrected chi connectivity index (χ2v) is 5.73. The molecule has 1 amide bonds. The van der Waals surface area contributed by atoms with Crippen LogP contribution in [0.5, 0.6) is 0 Å². The topological polar surface area (TPSA) is 41.6 Å². The summed E-state index contributed by atoms with van der Waals surface area (Å²) < 4.78 is 5.77. The van der Waals surface area contributed by atoms with Crippen molar-refractivity contribution in [1.29, 1.82) is 0 Å². The molecule has 1 N–H and O–H groups in total. The molecule has 0 aromatic heterocycles. The number of benzene rings is 1. The summed E-state index contributed by atoms with van der Waals surface area (Å²) in [4.78, 5) is 14.0. The summed E-state index contributed by atoms with van der Waals surface area (Å²) in [6.45, 7) is 4.02. The van der Waals surface area contributed by atoms with Crippen molar-refractivity contribution < 1.29 is 9.53 Å². The highest BCUT2D eigenvalue weighted by Crippen LogP contribution is 2.25. The number of carbonyl (C=O) groups excluding carboxylic acids is 1. The van der Waals surface area contributed by atoms with Crippen molar-refractivity contribution in [2.75, 3.05) is 19.7 Å². The number of aryl methyl sites for hydroxylation is 1. The lowest BCUT2D eigenvalue weighted by Crippen LogP contribution is -2.39. The SMILES string of the molecule is Cc1ccc(C2NCC(=O)N2CC2CCCCO2)cc1. The van der Waals surface area contributed by atoms with Crippen LogP contribution in [0.1, 0.15) is 36.6 Å². The van der Waals surface area contributed by atoms with Crippen molar-refractivity contribution in [3.05, 3.63) is 35.4 Å². The first-order chi connectivity index (χ1) is 9.74. The van der Waals surface area contributed by atoms with Crippen LogP contribution in [0.3, 0.4) is 0 Å². The molecule has 0 radical (unpaired) electrons. The number of amides is 1. The zero-order chi connectivity index (χ0) is 13.9. The molecule has 2 atom stereocenters. The van der Waals surface area contributed by atoms with Crippen LogP contribution in [0, 0.1) is 6.92 Å². The Hall–Kier alpha value is -1.39. The highest BCUT2D eigenvalue weighted by molar-refractivity contribution is 5.81. The van der Waals surface area contributed by atoms with E-state index in [9.17, 15) is 4.79 Å². The average molecular weight is 274 g/mol. The molecule has 2 unspecified atom stereocenters. The Labute approximate surface area is 120 Å². The van der Waals surface area contributed by atoms with E-state index in [-0.39, 0.29) is 18.2 Å². The Morgan fingerprint density at radius 2 is 2.10 bits per heavy atom. The van der Waals surface area contributed by atoms with Gasteiger partial charge >= 0.3 is 0 Å². The second kappa shape index (κ2) is 5.94.